The van der Waals surface area contributed by atoms with Gasteiger partial charge in [-0.1, -0.05) is 29.8 Å². The van der Waals surface area contributed by atoms with Crippen molar-refractivity contribution in [3.63, 3.8) is 0 Å². The third kappa shape index (κ3) is 5.70. The van der Waals surface area contributed by atoms with Crippen molar-refractivity contribution in [3.8, 4) is 0 Å². The second kappa shape index (κ2) is 11.2. The number of amides is 2. The quantitative estimate of drug-likeness (QED) is 0.377. The standard InChI is InChI=1S/C27H25ClF3N4O4S/c28-23-6-5-22(40-23)25(37)34-15-19-3-1-2-4-21(19)35(24(36)16-34,39-26(38)27(29,30)31)17-18-9-13-33(14-10-18)20-7-11-32-12-8-20/h1-8,11-12,18H,9-10,13-17H2/q+1. The van der Waals surface area contributed by atoms with Crippen LogP contribution in [-0.4, -0.2) is 60.0 Å². The molecule has 3 aromatic rings. The molecule has 5 rings (SSSR count). The number of pyridine rings is 1. The Morgan fingerprint density at radius 3 is 2.40 bits per heavy atom. The molecule has 2 amide bonds. The molecule has 1 atom stereocenters. The summed E-state index contributed by atoms with van der Waals surface area (Å²) >= 11 is 7.03. The largest absolute Gasteiger partial charge is 0.497 e. The molecule has 0 N–H and O–H groups in total. The molecular weight excluding hydrogens is 569 g/mol. The number of para-hydroxylation sites is 1. The number of thiophene rings is 1. The van der Waals surface area contributed by atoms with E-state index in [9.17, 15) is 27.6 Å². The molecule has 1 fully saturated rings. The smallest absolute Gasteiger partial charge is 0.371 e. The van der Waals surface area contributed by atoms with E-state index in [0.29, 0.717) is 35.8 Å². The topological polar surface area (TPSA) is 79.8 Å². The molecule has 0 aliphatic carbocycles. The van der Waals surface area contributed by atoms with Crippen LogP contribution in [0.1, 0.15) is 28.1 Å². The zero-order chi connectivity index (χ0) is 28.5. The Balaban J connectivity index is 1.49. The highest BCUT2D eigenvalue weighted by atomic mass is 35.5. The Hall–Kier alpha value is -3.48. The molecule has 40 heavy (non-hydrogen) atoms. The molecule has 8 nitrogen and oxygen atoms in total. The number of quaternary nitrogens is 1. The van der Waals surface area contributed by atoms with Gasteiger partial charge < -0.3 is 9.80 Å². The molecule has 210 valence electrons. The van der Waals surface area contributed by atoms with E-state index in [-0.39, 0.29) is 29.6 Å². The molecule has 0 spiro atoms. The normalized spacial score (nSPS) is 20.1. The van der Waals surface area contributed by atoms with Gasteiger partial charge in [0.15, 0.2) is 5.69 Å². The van der Waals surface area contributed by atoms with Crippen LogP contribution < -0.4 is 9.55 Å². The van der Waals surface area contributed by atoms with Crippen LogP contribution in [0.2, 0.25) is 4.34 Å². The Morgan fingerprint density at radius 1 is 1.05 bits per heavy atom. The van der Waals surface area contributed by atoms with E-state index in [4.69, 9.17) is 16.4 Å². The van der Waals surface area contributed by atoms with Gasteiger partial charge in [0.05, 0.1) is 15.8 Å². The summed E-state index contributed by atoms with van der Waals surface area (Å²) in [5.74, 6) is -4.04. The Bertz CT molecular complexity index is 1410. The molecule has 13 heteroatoms. The van der Waals surface area contributed by atoms with Gasteiger partial charge in [0, 0.05) is 48.7 Å². The number of hydrogen-bond donors (Lipinski definition) is 0. The van der Waals surface area contributed by atoms with Gasteiger partial charge in [-0.25, -0.2) is 9.59 Å². The van der Waals surface area contributed by atoms with Gasteiger partial charge >= 0.3 is 18.1 Å². The van der Waals surface area contributed by atoms with Crippen LogP contribution >= 0.6 is 22.9 Å². The van der Waals surface area contributed by atoms with Crippen LogP contribution in [-0.2, 0) is 21.0 Å². The summed E-state index contributed by atoms with van der Waals surface area (Å²) in [6.07, 6.45) is -0.847. The van der Waals surface area contributed by atoms with E-state index in [2.05, 4.69) is 9.88 Å². The Kier molecular flexibility index (Phi) is 7.85. The van der Waals surface area contributed by atoms with E-state index >= 15 is 0 Å². The van der Waals surface area contributed by atoms with E-state index < -0.39 is 35.2 Å². The molecule has 0 radical (unpaired) electrons. The van der Waals surface area contributed by atoms with Gasteiger partial charge in [-0.2, -0.15) is 13.2 Å². The highest BCUT2D eigenvalue weighted by Crippen LogP contribution is 2.38. The molecule has 2 aromatic heterocycles. The number of piperidine rings is 1. The fourth-order valence-electron chi connectivity index (χ4n) is 5.22. The summed E-state index contributed by atoms with van der Waals surface area (Å²) in [6, 6.07) is 13.2. The third-order valence-electron chi connectivity index (χ3n) is 7.17. The highest BCUT2D eigenvalue weighted by molar-refractivity contribution is 7.18. The average molecular weight is 594 g/mol. The molecular formula is C27H25ClF3N4O4S+. The number of halogens is 4. The predicted molar refractivity (Wildman–Crippen MR) is 144 cm³/mol. The Labute approximate surface area is 237 Å². The van der Waals surface area contributed by atoms with Gasteiger partial charge in [-0.3, -0.25) is 14.6 Å². The molecule has 4 heterocycles. The lowest BCUT2D eigenvalue weighted by Crippen LogP contribution is -2.61. The first-order valence-corrected chi connectivity index (χ1v) is 13.8. The summed E-state index contributed by atoms with van der Waals surface area (Å²) < 4.78 is 39.7. The first-order valence-electron chi connectivity index (χ1n) is 12.6. The number of carbonyl (C=O) groups is 3. The number of alkyl halides is 3. The molecule has 2 aliphatic rings. The first kappa shape index (κ1) is 28.1. The summed E-state index contributed by atoms with van der Waals surface area (Å²) in [5.41, 5.74) is 1.49. The monoisotopic (exact) mass is 593 g/mol. The van der Waals surface area contributed by atoms with Crippen LogP contribution in [0.3, 0.4) is 0 Å². The minimum atomic E-state index is -5.32. The summed E-state index contributed by atoms with van der Waals surface area (Å²) in [5, 5.41) is 0. The second-order valence-corrected chi connectivity index (χ2v) is 11.4. The van der Waals surface area contributed by atoms with E-state index in [1.54, 1.807) is 36.7 Å². The van der Waals surface area contributed by atoms with Crippen molar-refractivity contribution < 1.29 is 32.4 Å². The summed E-state index contributed by atoms with van der Waals surface area (Å²) in [6.45, 7) is 0.405. The zero-order valence-electron chi connectivity index (χ0n) is 21.1. The lowest BCUT2D eigenvalue weighted by atomic mass is 9.95. The maximum absolute atomic E-state index is 14.0. The van der Waals surface area contributed by atoms with Crippen LogP contribution in [0.25, 0.3) is 0 Å². The van der Waals surface area contributed by atoms with Gasteiger partial charge in [0.25, 0.3) is 5.91 Å². The van der Waals surface area contributed by atoms with Crippen molar-refractivity contribution in [3.05, 3.63) is 75.7 Å². The van der Waals surface area contributed by atoms with E-state index in [1.807, 2.05) is 12.1 Å². The van der Waals surface area contributed by atoms with E-state index in [1.165, 1.54) is 17.0 Å². The summed E-state index contributed by atoms with van der Waals surface area (Å²) in [4.78, 5) is 52.4. The number of carbonyl (C=O) groups excluding carboxylic acids is 3. The SMILES string of the molecule is O=C(c1ccc(Cl)s1)N1CC(=O)[N+](CC2CCN(c3ccncc3)CC2)(OC(=O)C(F)(F)F)c2ccccc2C1. The number of benzene rings is 1. The van der Waals surface area contributed by atoms with Crippen molar-refractivity contribution in [2.24, 2.45) is 5.92 Å². The number of rotatable bonds is 5. The fraction of sp³-hybridized carbons (Fsp3) is 0.333. The molecule has 0 saturated carbocycles. The molecule has 0 bridgehead atoms. The number of aromatic nitrogens is 1. The number of anilines is 1. The van der Waals surface area contributed by atoms with Crippen molar-refractivity contribution in [2.75, 3.05) is 31.1 Å². The van der Waals surface area contributed by atoms with Crippen molar-refractivity contribution in [2.45, 2.75) is 25.6 Å². The van der Waals surface area contributed by atoms with Gasteiger partial charge in [-0.15, -0.1) is 11.3 Å². The number of hydroxylamine groups is 2. The molecule has 1 aromatic carbocycles. The maximum Gasteiger partial charge on any atom is 0.497 e. The zero-order valence-corrected chi connectivity index (χ0v) is 22.7. The van der Waals surface area contributed by atoms with Gasteiger partial charge in [0.1, 0.15) is 13.1 Å². The number of fused-ring (bicyclic) bond motifs is 1. The van der Waals surface area contributed by atoms with Crippen molar-refractivity contribution in [1.82, 2.24) is 14.5 Å². The van der Waals surface area contributed by atoms with Crippen molar-refractivity contribution in [1.29, 1.82) is 0 Å². The number of nitrogens with zero attached hydrogens (tertiary/aromatic N) is 4. The van der Waals surface area contributed by atoms with Crippen LogP contribution in [0.5, 0.6) is 0 Å². The fourth-order valence-corrected chi connectivity index (χ4v) is 6.23. The minimum absolute atomic E-state index is 0.0552. The van der Waals surface area contributed by atoms with Crippen LogP contribution in [0, 0.1) is 5.92 Å². The predicted octanol–water partition coefficient (Wildman–Crippen LogP) is 5.22. The molecule has 2 aliphatic heterocycles. The maximum atomic E-state index is 14.0. The average Bonchev–Trinajstić information content (AvgIpc) is 3.34. The van der Waals surface area contributed by atoms with Gasteiger partial charge in [0.2, 0.25) is 0 Å². The summed E-state index contributed by atoms with van der Waals surface area (Å²) in [7, 11) is 0. The third-order valence-corrected chi connectivity index (χ3v) is 8.39. The van der Waals surface area contributed by atoms with Crippen LogP contribution in [0.4, 0.5) is 24.5 Å². The van der Waals surface area contributed by atoms with Gasteiger partial charge in [-0.05, 0) is 41.8 Å². The lowest BCUT2D eigenvalue weighted by Gasteiger charge is -2.38. The first-order chi connectivity index (χ1) is 19.1. The Morgan fingerprint density at radius 2 is 1.75 bits per heavy atom. The minimum Gasteiger partial charge on any atom is -0.371 e. The molecule has 1 unspecified atom stereocenters. The molecule has 1 saturated heterocycles. The van der Waals surface area contributed by atoms with Crippen molar-refractivity contribution >= 4 is 52.1 Å². The number of hydrogen-bond acceptors (Lipinski definition) is 7. The lowest BCUT2D eigenvalue weighted by molar-refractivity contribution is -0.235. The van der Waals surface area contributed by atoms with Crippen LogP contribution in [0.15, 0.2) is 60.9 Å². The van der Waals surface area contributed by atoms with E-state index in [0.717, 1.165) is 17.0 Å². The second-order valence-electron chi connectivity index (χ2n) is 9.72. The highest BCUT2D eigenvalue weighted by Gasteiger charge is 2.56.